The summed E-state index contributed by atoms with van der Waals surface area (Å²) in [5, 5.41) is 0. The second-order valence-corrected chi connectivity index (χ2v) is 4.62. The van der Waals surface area contributed by atoms with Crippen LogP contribution in [0.2, 0.25) is 0 Å². The van der Waals surface area contributed by atoms with Crippen LogP contribution in [0.3, 0.4) is 0 Å². The quantitative estimate of drug-likeness (QED) is 0.520. The summed E-state index contributed by atoms with van der Waals surface area (Å²) in [6.07, 6.45) is 4.59. The predicted molar refractivity (Wildman–Crippen MR) is 70.1 cm³/mol. The Morgan fingerprint density at radius 1 is 1.11 bits per heavy atom. The van der Waals surface area contributed by atoms with Gasteiger partial charge in [0.1, 0.15) is 6.04 Å². The maximum absolute atomic E-state index is 12.0. The molecule has 0 radical (unpaired) electrons. The molecule has 0 saturated carbocycles. The van der Waals surface area contributed by atoms with Gasteiger partial charge in [0.25, 0.3) is 11.8 Å². The lowest BCUT2D eigenvalue weighted by molar-refractivity contribution is -0.158. The zero-order valence-corrected chi connectivity index (χ0v) is 11.7. The number of imide groups is 1. The molecule has 1 rings (SSSR count). The van der Waals surface area contributed by atoms with E-state index in [1.54, 1.807) is 6.92 Å². The Balaban J connectivity index is 2.62. The van der Waals surface area contributed by atoms with E-state index in [0.29, 0.717) is 18.9 Å². The van der Waals surface area contributed by atoms with Gasteiger partial charge in [0.15, 0.2) is 0 Å². The van der Waals surface area contributed by atoms with Gasteiger partial charge in [-0.2, -0.15) is 0 Å². The first-order chi connectivity index (χ1) is 9.04. The lowest BCUT2D eigenvalue weighted by atomic mass is 10.1. The highest BCUT2D eigenvalue weighted by atomic mass is 16.5. The fourth-order valence-corrected chi connectivity index (χ4v) is 1.99. The molecule has 0 spiro atoms. The average molecular weight is 267 g/mol. The third-order valence-electron chi connectivity index (χ3n) is 3.43. The van der Waals surface area contributed by atoms with Crippen molar-refractivity contribution in [1.82, 2.24) is 4.90 Å². The summed E-state index contributed by atoms with van der Waals surface area (Å²) < 4.78 is 5.24. The maximum atomic E-state index is 12.0. The molecule has 1 aliphatic heterocycles. The molecule has 0 aliphatic carbocycles. The van der Waals surface area contributed by atoms with Gasteiger partial charge in [0, 0.05) is 12.2 Å². The third kappa shape index (κ3) is 3.66. The summed E-state index contributed by atoms with van der Waals surface area (Å²) in [6, 6.07) is -0.815. The van der Waals surface area contributed by atoms with E-state index in [9.17, 15) is 14.4 Å². The minimum atomic E-state index is -0.815. The molecule has 1 heterocycles. The molecule has 0 N–H and O–H groups in total. The summed E-state index contributed by atoms with van der Waals surface area (Å²) in [4.78, 5) is 36.1. The van der Waals surface area contributed by atoms with Crippen molar-refractivity contribution in [2.45, 2.75) is 46.1 Å². The lowest BCUT2D eigenvalue weighted by Gasteiger charge is -2.24. The molecule has 106 valence electrons. The Labute approximate surface area is 113 Å². The van der Waals surface area contributed by atoms with E-state index < -0.39 is 23.8 Å². The second-order valence-electron chi connectivity index (χ2n) is 4.62. The molecule has 19 heavy (non-hydrogen) atoms. The third-order valence-corrected chi connectivity index (χ3v) is 3.43. The van der Waals surface area contributed by atoms with Gasteiger partial charge >= 0.3 is 5.97 Å². The smallest absolute Gasteiger partial charge is 0.329 e. The zero-order valence-electron chi connectivity index (χ0n) is 11.7. The number of carbonyl (C=O) groups is 3. The van der Waals surface area contributed by atoms with Gasteiger partial charge in [-0.15, -0.1) is 0 Å². The second kappa shape index (κ2) is 7.07. The molecule has 0 aromatic carbocycles. The summed E-state index contributed by atoms with van der Waals surface area (Å²) in [6.45, 7) is 6.17. The van der Waals surface area contributed by atoms with Crippen LogP contribution < -0.4 is 0 Å². The van der Waals surface area contributed by atoms with Gasteiger partial charge in [-0.05, 0) is 12.3 Å². The molecular formula is C14H21NO4. The lowest BCUT2D eigenvalue weighted by Crippen LogP contribution is -2.45. The first-order valence-electron chi connectivity index (χ1n) is 6.76. The molecule has 5 heteroatoms. The highest BCUT2D eigenvalue weighted by Crippen LogP contribution is 2.15. The molecule has 1 atom stereocenters. The van der Waals surface area contributed by atoms with Crippen LogP contribution in [-0.2, 0) is 19.1 Å². The van der Waals surface area contributed by atoms with E-state index >= 15 is 0 Å². The summed E-state index contributed by atoms with van der Waals surface area (Å²) in [7, 11) is 0. The molecule has 0 saturated heterocycles. The van der Waals surface area contributed by atoms with Gasteiger partial charge in [0.05, 0.1) is 6.61 Å². The number of hydrogen-bond acceptors (Lipinski definition) is 4. The number of amides is 2. The topological polar surface area (TPSA) is 63.7 Å². The number of carbonyl (C=O) groups excluding carboxylic acids is 3. The van der Waals surface area contributed by atoms with E-state index in [1.807, 2.05) is 13.8 Å². The van der Waals surface area contributed by atoms with Crippen LogP contribution in [0, 0.1) is 5.92 Å². The van der Waals surface area contributed by atoms with Crippen molar-refractivity contribution < 1.29 is 19.1 Å². The van der Waals surface area contributed by atoms with E-state index in [1.165, 1.54) is 12.2 Å². The Kier molecular flexibility index (Phi) is 5.73. The number of esters is 1. The number of rotatable bonds is 7. The molecule has 0 aromatic heterocycles. The van der Waals surface area contributed by atoms with Crippen LogP contribution in [0.15, 0.2) is 12.2 Å². The molecule has 2 amide bonds. The standard InChI is InChI=1S/C14H21NO4/c1-4-10(5-2)9-19-14(18)11(6-3)15-12(16)7-8-13(15)17/h7-8,10-11H,4-6,9H2,1-3H3. The number of hydrogen-bond donors (Lipinski definition) is 0. The average Bonchev–Trinajstić information content (AvgIpc) is 2.73. The van der Waals surface area contributed by atoms with Crippen molar-refractivity contribution in [2.24, 2.45) is 5.92 Å². The van der Waals surface area contributed by atoms with Crippen LogP contribution >= 0.6 is 0 Å². The minimum absolute atomic E-state index is 0.324. The van der Waals surface area contributed by atoms with Crippen molar-refractivity contribution in [2.75, 3.05) is 6.61 Å². The Morgan fingerprint density at radius 2 is 1.63 bits per heavy atom. The fraction of sp³-hybridized carbons (Fsp3) is 0.643. The molecular weight excluding hydrogens is 246 g/mol. The van der Waals surface area contributed by atoms with Crippen molar-refractivity contribution in [3.05, 3.63) is 12.2 Å². The fourth-order valence-electron chi connectivity index (χ4n) is 1.99. The maximum Gasteiger partial charge on any atom is 0.329 e. The monoisotopic (exact) mass is 267 g/mol. The van der Waals surface area contributed by atoms with Gasteiger partial charge in [-0.3, -0.25) is 14.5 Å². The van der Waals surface area contributed by atoms with Crippen LogP contribution in [-0.4, -0.2) is 35.3 Å². The first-order valence-corrected chi connectivity index (χ1v) is 6.76. The zero-order chi connectivity index (χ0) is 14.4. The van der Waals surface area contributed by atoms with Crippen molar-refractivity contribution in [3.63, 3.8) is 0 Å². The normalized spacial score (nSPS) is 16.3. The highest BCUT2D eigenvalue weighted by molar-refractivity contribution is 6.14. The summed E-state index contributed by atoms with van der Waals surface area (Å²) >= 11 is 0. The SMILES string of the molecule is CCC(CC)COC(=O)C(CC)N1C(=O)C=CC1=O. The van der Waals surface area contributed by atoms with Crippen molar-refractivity contribution in [1.29, 1.82) is 0 Å². The minimum Gasteiger partial charge on any atom is -0.464 e. The summed E-state index contributed by atoms with van der Waals surface area (Å²) in [5.74, 6) is -1.07. The first kappa shape index (κ1) is 15.4. The van der Waals surface area contributed by atoms with Crippen molar-refractivity contribution >= 4 is 17.8 Å². The van der Waals surface area contributed by atoms with E-state index in [-0.39, 0.29) is 0 Å². The Morgan fingerprint density at radius 3 is 2.05 bits per heavy atom. The molecule has 1 aliphatic rings. The Hall–Kier alpha value is -1.65. The van der Waals surface area contributed by atoms with Crippen LogP contribution in [0.1, 0.15) is 40.0 Å². The molecule has 0 aromatic rings. The summed E-state index contributed by atoms with van der Waals surface area (Å²) in [5.41, 5.74) is 0. The Bertz CT molecular complexity index is 367. The molecule has 0 fully saturated rings. The van der Waals surface area contributed by atoms with Crippen LogP contribution in [0.4, 0.5) is 0 Å². The van der Waals surface area contributed by atoms with Crippen LogP contribution in [0.5, 0.6) is 0 Å². The van der Waals surface area contributed by atoms with Gasteiger partial charge < -0.3 is 4.74 Å². The van der Waals surface area contributed by atoms with Crippen molar-refractivity contribution in [3.8, 4) is 0 Å². The molecule has 0 bridgehead atoms. The molecule has 1 unspecified atom stereocenters. The predicted octanol–water partition coefficient (Wildman–Crippen LogP) is 1.67. The van der Waals surface area contributed by atoms with E-state index in [0.717, 1.165) is 17.7 Å². The van der Waals surface area contributed by atoms with Gasteiger partial charge in [-0.1, -0.05) is 33.6 Å². The number of ether oxygens (including phenoxy) is 1. The van der Waals surface area contributed by atoms with E-state index in [4.69, 9.17) is 4.74 Å². The molecule has 5 nitrogen and oxygen atoms in total. The van der Waals surface area contributed by atoms with E-state index in [2.05, 4.69) is 0 Å². The van der Waals surface area contributed by atoms with Crippen LogP contribution in [0.25, 0.3) is 0 Å². The largest absolute Gasteiger partial charge is 0.464 e. The van der Waals surface area contributed by atoms with Gasteiger partial charge in [-0.25, -0.2) is 4.79 Å². The highest BCUT2D eigenvalue weighted by Gasteiger charge is 2.35. The number of nitrogens with zero attached hydrogens (tertiary/aromatic N) is 1. The van der Waals surface area contributed by atoms with Gasteiger partial charge in [0.2, 0.25) is 0 Å².